The van der Waals surface area contributed by atoms with E-state index in [0.29, 0.717) is 12.8 Å². The van der Waals surface area contributed by atoms with Crippen molar-refractivity contribution in [2.75, 3.05) is 13.2 Å². The van der Waals surface area contributed by atoms with Crippen molar-refractivity contribution in [2.45, 2.75) is 284 Å². The van der Waals surface area contributed by atoms with E-state index in [-0.39, 0.29) is 37.5 Å². The Morgan fingerprint density at radius 1 is 0.273 bits per heavy atom. The average molecular weight is 1070 g/mol. The zero-order valence-corrected chi connectivity index (χ0v) is 49.9. The van der Waals surface area contributed by atoms with Gasteiger partial charge in [-0.15, -0.1) is 0 Å². The van der Waals surface area contributed by atoms with Crippen LogP contribution in [0.4, 0.5) is 0 Å². The van der Waals surface area contributed by atoms with E-state index in [1.165, 1.54) is 89.9 Å². The molecule has 436 valence electrons. The first-order valence-electron chi connectivity index (χ1n) is 31.7. The third-order valence-corrected chi connectivity index (χ3v) is 13.2. The van der Waals surface area contributed by atoms with Crippen molar-refractivity contribution in [1.29, 1.82) is 0 Å². The summed E-state index contributed by atoms with van der Waals surface area (Å²) in [6.45, 7) is 6.38. The van der Waals surface area contributed by atoms with E-state index in [1.807, 2.05) is 0 Å². The molecule has 0 saturated carbocycles. The van der Waals surface area contributed by atoms with Crippen molar-refractivity contribution >= 4 is 17.9 Å². The summed E-state index contributed by atoms with van der Waals surface area (Å²) in [4.78, 5) is 38.3. The Bertz CT molecular complexity index is 1650. The Balaban J connectivity index is 4.48. The van der Waals surface area contributed by atoms with E-state index in [4.69, 9.17) is 14.2 Å². The van der Waals surface area contributed by atoms with Crippen LogP contribution in [0.2, 0.25) is 0 Å². The van der Waals surface area contributed by atoms with Crippen LogP contribution < -0.4 is 0 Å². The van der Waals surface area contributed by atoms with Gasteiger partial charge in [-0.1, -0.05) is 276 Å². The molecular weight excluding hydrogens is 949 g/mol. The molecule has 0 aromatic carbocycles. The third-order valence-electron chi connectivity index (χ3n) is 13.2. The van der Waals surface area contributed by atoms with Crippen molar-refractivity contribution in [1.82, 2.24) is 0 Å². The molecule has 0 rings (SSSR count). The molecule has 0 radical (unpaired) electrons. The first-order valence-corrected chi connectivity index (χ1v) is 31.7. The number of ether oxygens (including phenoxy) is 3. The van der Waals surface area contributed by atoms with Crippen LogP contribution in [-0.4, -0.2) is 37.2 Å². The van der Waals surface area contributed by atoms with Gasteiger partial charge in [-0.3, -0.25) is 14.4 Å². The Morgan fingerprint density at radius 3 is 0.805 bits per heavy atom. The van der Waals surface area contributed by atoms with Gasteiger partial charge in [0.05, 0.1) is 0 Å². The number of carbonyl (C=O) groups is 3. The maximum absolute atomic E-state index is 12.9. The van der Waals surface area contributed by atoms with Gasteiger partial charge in [-0.2, -0.15) is 0 Å². The largest absolute Gasteiger partial charge is 0.462 e. The second-order valence-corrected chi connectivity index (χ2v) is 20.6. The van der Waals surface area contributed by atoms with E-state index in [1.54, 1.807) is 0 Å². The lowest BCUT2D eigenvalue weighted by atomic mass is 10.0. The molecule has 0 amide bonds. The summed E-state index contributed by atoms with van der Waals surface area (Å²) in [6.07, 6.45) is 90.2. The van der Waals surface area contributed by atoms with E-state index in [9.17, 15) is 14.4 Å². The number of allylic oxidation sites excluding steroid dienone is 22. The third kappa shape index (κ3) is 62.3. The van der Waals surface area contributed by atoms with Crippen LogP contribution in [0, 0.1) is 0 Å². The van der Waals surface area contributed by atoms with E-state index in [0.717, 1.165) is 148 Å². The number of esters is 3. The highest BCUT2D eigenvalue weighted by Crippen LogP contribution is 2.16. The first kappa shape index (κ1) is 72.5. The Labute approximate surface area is 475 Å². The fourth-order valence-corrected chi connectivity index (χ4v) is 8.47. The van der Waals surface area contributed by atoms with Gasteiger partial charge in [0.25, 0.3) is 0 Å². The lowest BCUT2D eigenvalue weighted by molar-refractivity contribution is -0.167. The van der Waals surface area contributed by atoms with Gasteiger partial charge in [0.15, 0.2) is 6.10 Å². The zero-order chi connectivity index (χ0) is 55.7. The van der Waals surface area contributed by atoms with Crippen LogP contribution in [0.15, 0.2) is 134 Å². The molecule has 0 aliphatic heterocycles. The van der Waals surface area contributed by atoms with Crippen molar-refractivity contribution in [3.63, 3.8) is 0 Å². The molecule has 77 heavy (non-hydrogen) atoms. The maximum Gasteiger partial charge on any atom is 0.306 e. The maximum atomic E-state index is 12.9. The molecular formula is C71H116O6. The topological polar surface area (TPSA) is 78.9 Å². The van der Waals surface area contributed by atoms with Gasteiger partial charge in [0.1, 0.15) is 13.2 Å². The summed E-state index contributed by atoms with van der Waals surface area (Å²) >= 11 is 0. The fourth-order valence-electron chi connectivity index (χ4n) is 8.47. The highest BCUT2D eigenvalue weighted by atomic mass is 16.6. The summed E-state index contributed by atoms with van der Waals surface area (Å²) in [5.74, 6) is -0.955. The van der Waals surface area contributed by atoms with Gasteiger partial charge in [-0.25, -0.2) is 0 Å². The standard InChI is InChI=1S/C71H116O6/c1-4-7-10-13-16-19-22-25-28-31-32-33-34-35-36-37-38-41-43-46-49-52-55-58-61-64-70(73)76-67-68(77-71(74)65-62-59-56-53-50-47-44-40-30-27-24-21-18-15-12-9-6-3)66-75-69(72)63-60-57-54-51-48-45-42-39-29-26-23-20-17-14-11-8-5-2/h7,9-10,12,16,18-19,21,25,27-28,30,32-33,35-36,38,41,44,46-47,49,68H,4-6,8,11,13-15,17,20,22-24,26,29,31,34,37,39-40,42-43,45,48,50-67H2,1-3H3/b10-7-,12-9-,19-16-,21-18-,28-25-,30-27-,33-32-,36-35-,41-38-,47-44-,49-46-. The molecule has 0 aromatic heterocycles. The smallest absolute Gasteiger partial charge is 0.306 e. The van der Waals surface area contributed by atoms with Crippen LogP contribution in [0.1, 0.15) is 278 Å². The predicted octanol–water partition coefficient (Wildman–Crippen LogP) is 21.8. The van der Waals surface area contributed by atoms with Crippen LogP contribution in [0.3, 0.4) is 0 Å². The van der Waals surface area contributed by atoms with E-state index >= 15 is 0 Å². The lowest BCUT2D eigenvalue weighted by Crippen LogP contribution is -2.30. The molecule has 0 N–H and O–H groups in total. The average Bonchev–Trinajstić information content (AvgIpc) is 3.43. The number of rotatable bonds is 56. The van der Waals surface area contributed by atoms with Gasteiger partial charge in [0, 0.05) is 19.3 Å². The van der Waals surface area contributed by atoms with E-state index in [2.05, 4.69) is 154 Å². The highest BCUT2D eigenvalue weighted by molar-refractivity contribution is 5.71. The van der Waals surface area contributed by atoms with Crippen molar-refractivity contribution in [2.24, 2.45) is 0 Å². The summed E-state index contributed by atoms with van der Waals surface area (Å²) in [5, 5.41) is 0. The minimum Gasteiger partial charge on any atom is -0.462 e. The SMILES string of the molecule is CC/C=C\C/C=C\C/C=C\C/C=C\C/C=C\C/C=C\C/C=C\CCCCCC(=O)OCC(COC(=O)CCCCCCCCCCCCCCCCCCC)OC(=O)CCCCCC/C=C\C/C=C\C/C=C\C/C=C\CC. The zero-order valence-electron chi connectivity index (χ0n) is 49.9. The molecule has 1 unspecified atom stereocenters. The number of unbranched alkanes of at least 4 members (excludes halogenated alkanes) is 23. The number of hydrogen-bond acceptors (Lipinski definition) is 6. The monoisotopic (exact) mass is 1060 g/mol. The second-order valence-electron chi connectivity index (χ2n) is 20.6. The van der Waals surface area contributed by atoms with E-state index < -0.39 is 6.10 Å². The summed E-state index contributed by atoms with van der Waals surface area (Å²) < 4.78 is 16.9. The van der Waals surface area contributed by atoms with Crippen molar-refractivity contribution in [3.05, 3.63) is 134 Å². The molecule has 0 aliphatic rings. The van der Waals surface area contributed by atoms with Crippen molar-refractivity contribution in [3.8, 4) is 0 Å². The molecule has 6 nitrogen and oxygen atoms in total. The van der Waals surface area contributed by atoms with Gasteiger partial charge < -0.3 is 14.2 Å². The lowest BCUT2D eigenvalue weighted by Gasteiger charge is -2.18. The highest BCUT2D eigenvalue weighted by Gasteiger charge is 2.19. The molecule has 0 bridgehead atoms. The van der Waals surface area contributed by atoms with Crippen LogP contribution in [0.5, 0.6) is 0 Å². The van der Waals surface area contributed by atoms with Gasteiger partial charge in [0.2, 0.25) is 0 Å². The number of hydrogen-bond donors (Lipinski definition) is 0. The Kier molecular flexibility index (Phi) is 60.4. The summed E-state index contributed by atoms with van der Waals surface area (Å²) in [6, 6.07) is 0. The van der Waals surface area contributed by atoms with Gasteiger partial charge in [-0.05, 0) is 116 Å². The molecule has 0 fully saturated rings. The van der Waals surface area contributed by atoms with Crippen LogP contribution >= 0.6 is 0 Å². The predicted molar refractivity (Wildman–Crippen MR) is 334 cm³/mol. The Morgan fingerprint density at radius 2 is 0.506 bits per heavy atom. The van der Waals surface area contributed by atoms with Gasteiger partial charge >= 0.3 is 17.9 Å². The fraction of sp³-hybridized carbons (Fsp3) is 0.648. The summed E-state index contributed by atoms with van der Waals surface area (Å²) in [5.41, 5.74) is 0. The van der Waals surface area contributed by atoms with Crippen molar-refractivity contribution < 1.29 is 28.6 Å². The summed E-state index contributed by atoms with van der Waals surface area (Å²) in [7, 11) is 0. The Hall–Kier alpha value is -4.45. The molecule has 0 spiro atoms. The molecule has 0 aliphatic carbocycles. The number of carbonyl (C=O) groups excluding carboxylic acids is 3. The normalized spacial score (nSPS) is 13.0. The van der Waals surface area contributed by atoms with Crippen LogP contribution in [-0.2, 0) is 28.6 Å². The second kappa shape index (κ2) is 64.1. The quantitative estimate of drug-likeness (QED) is 0.0261. The molecule has 0 saturated heterocycles. The minimum absolute atomic E-state index is 0.101. The first-order chi connectivity index (χ1) is 38.0. The van der Waals surface area contributed by atoms with Crippen LogP contribution in [0.25, 0.3) is 0 Å². The molecule has 0 aromatic rings. The molecule has 1 atom stereocenters. The minimum atomic E-state index is -0.810. The molecule has 0 heterocycles. The molecule has 6 heteroatoms.